The van der Waals surface area contributed by atoms with Gasteiger partial charge in [0.15, 0.2) is 0 Å². The van der Waals surface area contributed by atoms with Crippen molar-refractivity contribution in [2.45, 2.75) is 39.2 Å². The van der Waals surface area contributed by atoms with E-state index < -0.39 is 0 Å². The summed E-state index contributed by atoms with van der Waals surface area (Å²) < 4.78 is 2.29. The fourth-order valence-corrected chi connectivity index (χ4v) is 3.09. The van der Waals surface area contributed by atoms with Gasteiger partial charge in [-0.3, -0.25) is 4.79 Å². The number of nitrogens with zero attached hydrogens (tertiary/aromatic N) is 2. The van der Waals surface area contributed by atoms with Crippen molar-refractivity contribution < 1.29 is 4.79 Å². The van der Waals surface area contributed by atoms with Crippen molar-refractivity contribution in [3.63, 3.8) is 0 Å². The van der Waals surface area contributed by atoms with E-state index in [-0.39, 0.29) is 0 Å². The number of aromatic nitrogens is 2. The third kappa shape index (κ3) is 4.08. The van der Waals surface area contributed by atoms with E-state index in [1.54, 1.807) is 0 Å². The fraction of sp³-hybridized carbons (Fsp3) is 0.333. The summed E-state index contributed by atoms with van der Waals surface area (Å²) in [5.74, 6) is 1.62. The summed E-state index contributed by atoms with van der Waals surface area (Å²) in [6.07, 6.45) is 2.48. The first kappa shape index (κ1) is 17.2. The number of para-hydroxylation sites is 2. The van der Waals surface area contributed by atoms with Gasteiger partial charge in [-0.25, -0.2) is 4.98 Å². The average molecular weight is 335 g/mol. The van der Waals surface area contributed by atoms with Crippen molar-refractivity contribution in [3.8, 4) is 0 Å². The van der Waals surface area contributed by atoms with Crippen LogP contribution in [0.1, 0.15) is 43.1 Å². The molecule has 1 N–H and O–H groups in total. The van der Waals surface area contributed by atoms with Crippen LogP contribution in [0.25, 0.3) is 11.0 Å². The highest BCUT2D eigenvalue weighted by molar-refractivity contribution is 5.76. The summed E-state index contributed by atoms with van der Waals surface area (Å²) in [5.41, 5.74) is 4.83. The lowest BCUT2D eigenvalue weighted by molar-refractivity contribution is -0.109. The molecule has 0 radical (unpaired) electrons. The highest BCUT2D eigenvalue weighted by Crippen LogP contribution is 2.20. The zero-order valence-corrected chi connectivity index (χ0v) is 14.9. The minimum atomic E-state index is 0.545. The number of hydrogen-bond donors (Lipinski definition) is 1. The topological polar surface area (TPSA) is 46.9 Å². The molecule has 130 valence electrons. The summed E-state index contributed by atoms with van der Waals surface area (Å²) in [4.78, 5) is 15.2. The van der Waals surface area contributed by atoms with Gasteiger partial charge in [-0.1, -0.05) is 50.2 Å². The van der Waals surface area contributed by atoms with Crippen LogP contribution in [-0.4, -0.2) is 22.5 Å². The summed E-state index contributed by atoms with van der Waals surface area (Å²) in [6.45, 7) is 5.92. The van der Waals surface area contributed by atoms with Crippen LogP contribution in [0.4, 0.5) is 0 Å². The van der Waals surface area contributed by atoms with E-state index in [0.717, 1.165) is 42.7 Å². The molecule has 25 heavy (non-hydrogen) atoms. The SMILES string of the molecule is CC(C)c1ccc(Cn2c(CCCNC=O)nc3ccccc32)cc1. The Morgan fingerprint density at radius 3 is 2.60 bits per heavy atom. The van der Waals surface area contributed by atoms with Gasteiger partial charge in [0.2, 0.25) is 6.41 Å². The average Bonchev–Trinajstić information content (AvgIpc) is 2.97. The van der Waals surface area contributed by atoms with Crippen molar-refractivity contribution in [1.82, 2.24) is 14.9 Å². The van der Waals surface area contributed by atoms with Crippen LogP contribution >= 0.6 is 0 Å². The highest BCUT2D eigenvalue weighted by Gasteiger charge is 2.11. The molecule has 4 nitrogen and oxygen atoms in total. The lowest BCUT2D eigenvalue weighted by Crippen LogP contribution is -2.14. The molecule has 0 saturated carbocycles. The molecule has 3 rings (SSSR count). The first-order valence-electron chi connectivity index (χ1n) is 8.89. The number of carbonyl (C=O) groups excluding carboxylic acids is 1. The van der Waals surface area contributed by atoms with Crippen molar-refractivity contribution >= 4 is 17.4 Å². The molecule has 0 unspecified atom stereocenters. The van der Waals surface area contributed by atoms with E-state index in [1.165, 1.54) is 11.1 Å². The molecule has 0 fully saturated rings. The van der Waals surface area contributed by atoms with E-state index in [4.69, 9.17) is 4.98 Å². The summed E-state index contributed by atoms with van der Waals surface area (Å²) >= 11 is 0. The predicted octanol–water partition coefficient (Wildman–Crippen LogP) is 3.89. The molecule has 1 amide bonds. The first-order chi connectivity index (χ1) is 12.2. The van der Waals surface area contributed by atoms with Gasteiger partial charge in [-0.2, -0.15) is 0 Å². The third-order valence-electron chi connectivity index (χ3n) is 4.53. The van der Waals surface area contributed by atoms with Crippen LogP contribution in [0.2, 0.25) is 0 Å². The number of amides is 1. The van der Waals surface area contributed by atoms with E-state index in [0.29, 0.717) is 12.5 Å². The molecule has 0 atom stereocenters. The Balaban J connectivity index is 1.86. The van der Waals surface area contributed by atoms with Gasteiger partial charge >= 0.3 is 0 Å². The van der Waals surface area contributed by atoms with Crippen molar-refractivity contribution in [2.24, 2.45) is 0 Å². The van der Waals surface area contributed by atoms with E-state index in [9.17, 15) is 4.79 Å². The van der Waals surface area contributed by atoms with Gasteiger partial charge in [-0.15, -0.1) is 0 Å². The number of aryl methyl sites for hydroxylation is 1. The standard InChI is InChI=1S/C21H25N3O/c1-16(2)18-11-9-17(10-12-18)14-24-20-7-4-3-6-19(20)23-21(24)8-5-13-22-15-25/h3-4,6-7,9-12,15-16H,5,8,13-14H2,1-2H3,(H,22,25). The van der Waals surface area contributed by atoms with Crippen LogP contribution in [0.5, 0.6) is 0 Å². The van der Waals surface area contributed by atoms with Crippen molar-refractivity contribution in [2.75, 3.05) is 6.54 Å². The van der Waals surface area contributed by atoms with Gasteiger partial charge in [0.1, 0.15) is 5.82 Å². The van der Waals surface area contributed by atoms with Crippen molar-refractivity contribution in [1.29, 1.82) is 0 Å². The Morgan fingerprint density at radius 1 is 1.12 bits per heavy atom. The van der Waals surface area contributed by atoms with Gasteiger partial charge < -0.3 is 9.88 Å². The van der Waals surface area contributed by atoms with Crippen LogP contribution in [0, 0.1) is 0 Å². The largest absolute Gasteiger partial charge is 0.359 e. The predicted molar refractivity (Wildman–Crippen MR) is 102 cm³/mol. The molecule has 1 aromatic heterocycles. The monoisotopic (exact) mass is 335 g/mol. The minimum Gasteiger partial charge on any atom is -0.359 e. The fourth-order valence-electron chi connectivity index (χ4n) is 3.09. The molecule has 4 heteroatoms. The van der Waals surface area contributed by atoms with Crippen LogP contribution < -0.4 is 5.32 Å². The summed E-state index contributed by atoms with van der Waals surface area (Å²) in [7, 11) is 0. The van der Waals surface area contributed by atoms with Crippen LogP contribution in [0.3, 0.4) is 0 Å². The Morgan fingerprint density at radius 2 is 1.88 bits per heavy atom. The molecule has 0 aliphatic rings. The van der Waals surface area contributed by atoms with Gasteiger partial charge in [-0.05, 0) is 35.6 Å². The molecule has 0 aliphatic carbocycles. The van der Waals surface area contributed by atoms with E-state index in [2.05, 4.69) is 66.2 Å². The molecule has 3 aromatic rings. The third-order valence-corrected chi connectivity index (χ3v) is 4.53. The van der Waals surface area contributed by atoms with Crippen LogP contribution in [-0.2, 0) is 17.8 Å². The number of imidazole rings is 1. The molecule has 2 aromatic carbocycles. The van der Waals surface area contributed by atoms with Crippen LogP contribution in [0.15, 0.2) is 48.5 Å². The maximum Gasteiger partial charge on any atom is 0.207 e. The lowest BCUT2D eigenvalue weighted by atomic mass is 10.0. The van der Waals surface area contributed by atoms with Crippen molar-refractivity contribution in [3.05, 3.63) is 65.5 Å². The maximum absolute atomic E-state index is 10.4. The Bertz CT molecular complexity index is 834. The van der Waals surface area contributed by atoms with E-state index in [1.807, 2.05) is 6.07 Å². The molecular weight excluding hydrogens is 310 g/mol. The molecule has 0 saturated heterocycles. The smallest absolute Gasteiger partial charge is 0.207 e. The number of fused-ring (bicyclic) bond motifs is 1. The van der Waals surface area contributed by atoms with E-state index >= 15 is 0 Å². The number of nitrogens with one attached hydrogen (secondary N) is 1. The summed E-state index contributed by atoms with van der Waals surface area (Å²) in [5, 5.41) is 2.72. The molecular formula is C21H25N3O. The normalized spacial score (nSPS) is 11.2. The number of benzene rings is 2. The zero-order chi connectivity index (χ0) is 17.6. The summed E-state index contributed by atoms with van der Waals surface area (Å²) in [6, 6.07) is 17.1. The number of carbonyl (C=O) groups is 1. The van der Waals surface area contributed by atoms with Gasteiger partial charge in [0.25, 0.3) is 0 Å². The molecule has 0 bridgehead atoms. The zero-order valence-electron chi connectivity index (χ0n) is 14.9. The van der Waals surface area contributed by atoms with Gasteiger partial charge in [0, 0.05) is 19.5 Å². The molecule has 1 heterocycles. The quantitative estimate of drug-likeness (QED) is 0.501. The Kier molecular flexibility index (Phi) is 5.49. The second kappa shape index (κ2) is 7.97. The maximum atomic E-state index is 10.4. The lowest BCUT2D eigenvalue weighted by Gasteiger charge is -2.11. The van der Waals surface area contributed by atoms with Gasteiger partial charge in [0.05, 0.1) is 11.0 Å². The minimum absolute atomic E-state index is 0.545. The number of hydrogen-bond acceptors (Lipinski definition) is 2. The molecule has 0 aliphatic heterocycles. The number of rotatable bonds is 8. The molecule has 0 spiro atoms. The highest BCUT2D eigenvalue weighted by atomic mass is 16.1. The second-order valence-corrected chi connectivity index (χ2v) is 6.67. The Labute approximate surface area is 148 Å². The first-order valence-corrected chi connectivity index (χ1v) is 8.89. The Hall–Kier alpha value is -2.62. The second-order valence-electron chi connectivity index (χ2n) is 6.67.